The van der Waals surface area contributed by atoms with Crippen LogP contribution in [0.1, 0.15) is 23.9 Å². The number of Topliss-reactive ketones (excluding diaryl/α,β-unsaturated/α-hetero) is 1. The molecule has 2 aliphatic rings. The summed E-state index contributed by atoms with van der Waals surface area (Å²) in [6.07, 6.45) is -0.684. The Morgan fingerprint density at radius 2 is 1.83 bits per heavy atom. The van der Waals surface area contributed by atoms with E-state index in [0.717, 1.165) is 21.9 Å². The number of carbonyl (C=O) groups is 3. The van der Waals surface area contributed by atoms with E-state index in [1.165, 1.54) is 11.8 Å². The van der Waals surface area contributed by atoms with Crippen LogP contribution in [0.4, 0.5) is 4.79 Å². The van der Waals surface area contributed by atoms with Gasteiger partial charge in [-0.2, -0.15) is 5.10 Å². The van der Waals surface area contributed by atoms with Gasteiger partial charge in [-0.1, -0.05) is 30.3 Å². The number of hydrogen-bond donors (Lipinski definition) is 0. The number of benzene rings is 1. The Morgan fingerprint density at radius 1 is 1.13 bits per heavy atom. The first-order chi connectivity index (χ1) is 14.3. The molecule has 30 heavy (non-hydrogen) atoms. The maximum atomic E-state index is 13.3. The van der Waals surface area contributed by atoms with Gasteiger partial charge in [0, 0.05) is 19.3 Å². The molecule has 0 aliphatic carbocycles. The molecule has 0 bridgehead atoms. The van der Waals surface area contributed by atoms with Crippen molar-refractivity contribution in [3.05, 3.63) is 53.3 Å². The monoisotopic (exact) mass is 408 g/mol. The molecule has 1 aromatic carbocycles. The van der Waals surface area contributed by atoms with E-state index in [0.29, 0.717) is 12.5 Å². The molecule has 2 aromatic rings. The van der Waals surface area contributed by atoms with Gasteiger partial charge in [-0.15, -0.1) is 0 Å². The SMILES string of the molecule is CC(=O)CN1C(=O)C2C(N=C(n3nc(C)cc3C)N2Cc2ccccc2)N(C)C1=O. The van der Waals surface area contributed by atoms with Crippen molar-refractivity contribution < 1.29 is 14.4 Å². The number of fused-ring (bicyclic) bond motifs is 1. The predicted molar refractivity (Wildman–Crippen MR) is 110 cm³/mol. The second-order valence-electron chi connectivity index (χ2n) is 7.76. The fourth-order valence-corrected chi connectivity index (χ4v) is 3.99. The van der Waals surface area contributed by atoms with E-state index in [1.54, 1.807) is 11.7 Å². The van der Waals surface area contributed by atoms with E-state index in [4.69, 9.17) is 4.99 Å². The highest BCUT2D eigenvalue weighted by Gasteiger charge is 2.52. The van der Waals surface area contributed by atoms with Crippen LogP contribution in [0, 0.1) is 13.8 Å². The number of carbonyl (C=O) groups excluding carboxylic acids is 3. The zero-order valence-electron chi connectivity index (χ0n) is 17.4. The first-order valence-corrected chi connectivity index (χ1v) is 9.77. The number of likely N-dealkylation sites (N-methyl/N-ethyl adjacent to an activating group) is 1. The molecule has 156 valence electrons. The average molecular weight is 408 g/mol. The van der Waals surface area contributed by atoms with E-state index in [2.05, 4.69) is 5.10 Å². The first kappa shape index (κ1) is 19.8. The van der Waals surface area contributed by atoms with Crippen LogP contribution in [0.2, 0.25) is 0 Å². The highest BCUT2D eigenvalue weighted by Crippen LogP contribution is 2.30. The van der Waals surface area contributed by atoms with Gasteiger partial charge in [0.15, 0.2) is 12.2 Å². The summed E-state index contributed by atoms with van der Waals surface area (Å²) in [5.74, 6) is -0.164. The lowest BCUT2D eigenvalue weighted by Crippen LogP contribution is -2.65. The van der Waals surface area contributed by atoms with E-state index in [-0.39, 0.29) is 12.3 Å². The van der Waals surface area contributed by atoms with Gasteiger partial charge >= 0.3 is 6.03 Å². The highest BCUT2D eigenvalue weighted by molar-refractivity contribution is 6.06. The lowest BCUT2D eigenvalue weighted by Gasteiger charge is -2.41. The molecule has 2 aliphatic heterocycles. The summed E-state index contributed by atoms with van der Waals surface area (Å²) in [7, 11) is 1.61. The van der Waals surface area contributed by atoms with Crippen molar-refractivity contribution in [2.75, 3.05) is 13.6 Å². The minimum atomic E-state index is -0.730. The summed E-state index contributed by atoms with van der Waals surface area (Å²) >= 11 is 0. The fourth-order valence-electron chi connectivity index (χ4n) is 3.99. The van der Waals surface area contributed by atoms with Crippen LogP contribution >= 0.6 is 0 Å². The van der Waals surface area contributed by atoms with Crippen LogP contribution in [0.15, 0.2) is 41.4 Å². The summed E-state index contributed by atoms with van der Waals surface area (Å²) < 4.78 is 1.71. The molecule has 0 spiro atoms. The Morgan fingerprint density at radius 3 is 2.43 bits per heavy atom. The number of aliphatic imine (C=N–C) groups is 1. The summed E-state index contributed by atoms with van der Waals surface area (Å²) in [6, 6.07) is 10.4. The molecule has 1 aromatic heterocycles. The molecule has 4 rings (SSSR count). The van der Waals surface area contributed by atoms with E-state index in [1.807, 2.05) is 55.1 Å². The van der Waals surface area contributed by atoms with Crippen molar-refractivity contribution >= 4 is 23.7 Å². The van der Waals surface area contributed by atoms with Gasteiger partial charge in [0.25, 0.3) is 5.91 Å². The van der Waals surface area contributed by atoms with Gasteiger partial charge < -0.3 is 9.80 Å². The van der Waals surface area contributed by atoms with Crippen LogP contribution in [-0.2, 0) is 16.1 Å². The molecule has 9 nitrogen and oxygen atoms in total. The minimum Gasteiger partial charge on any atom is -0.321 e. The van der Waals surface area contributed by atoms with Crippen LogP contribution in [0.25, 0.3) is 0 Å². The fraction of sp³-hybridized carbons (Fsp3) is 0.381. The zero-order valence-corrected chi connectivity index (χ0v) is 17.4. The molecule has 1 saturated heterocycles. The second-order valence-corrected chi connectivity index (χ2v) is 7.76. The number of ketones is 1. The van der Waals surface area contributed by atoms with Crippen LogP contribution < -0.4 is 0 Å². The Bertz CT molecular complexity index is 1040. The summed E-state index contributed by atoms with van der Waals surface area (Å²) in [6.45, 7) is 5.34. The molecule has 0 radical (unpaired) electrons. The van der Waals surface area contributed by atoms with Crippen LogP contribution in [0.3, 0.4) is 0 Å². The second kappa shape index (κ2) is 7.40. The smallest absolute Gasteiger partial charge is 0.321 e. The number of aryl methyl sites for hydroxylation is 2. The van der Waals surface area contributed by atoms with Crippen LogP contribution in [-0.4, -0.2) is 74.0 Å². The topological polar surface area (TPSA) is 91.1 Å². The number of amides is 3. The van der Waals surface area contributed by atoms with Gasteiger partial charge in [0.2, 0.25) is 5.96 Å². The number of aromatic nitrogens is 2. The van der Waals surface area contributed by atoms with E-state index in [9.17, 15) is 14.4 Å². The maximum absolute atomic E-state index is 13.3. The predicted octanol–water partition coefficient (Wildman–Crippen LogP) is 1.40. The Balaban J connectivity index is 1.79. The number of urea groups is 1. The van der Waals surface area contributed by atoms with Crippen molar-refractivity contribution in [3.63, 3.8) is 0 Å². The molecule has 2 unspecified atom stereocenters. The highest BCUT2D eigenvalue weighted by atomic mass is 16.2. The molecule has 1 fully saturated rings. The largest absolute Gasteiger partial charge is 0.328 e. The Kier molecular flexibility index (Phi) is 4.89. The summed E-state index contributed by atoms with van der Waals surface area (Å²) in [4.78, 5) is 46.8. The van der Waals surface area contributed by atoms with Crippen molar-refractivity contribution in [2.24, 2.45) is 4.99 Å². The standard InChI is InChI=1S/C21H24N6O3/c1-13-10-14(2)27(23-13)20-22-18-17(25(20)12-16-8-6-5-7-9-16)19(29)26(11-15(3)28)21(30)24(18)4/h5-10,17-18H,11-12H2,1-4H3. The van der Waals surface area contributed by atoms with Gasteiger partial charge in [0.1, 0.15) is 5.78 Å². The van der Waals surface area contributed by atoms with Crippen LogP contribution in [0.5, 0.6) is 0 Å². The third-order valence-electron chi connectivity index (χ3n) is 5.35. The third-order valence-corrected chi connectivity index (χ3v) is 5.35. The molecular weight excluding hydrogens is 384 g/mol. The number of hydrogen-bond acceptors (Lipinski definition) is 6. The van der Waals surface area contributed by atoms with Gasteiger partial charge in [-0.25, -0.2) is 14.5 Å². The summed E-state index contributed by atoms with van der Waals surface area (Å²) in [5.41, 5.74) is 2.71. The number of nitrogens with zero attached hydrogens (tertiary/aromatic N) is 6. The molecule has 9 heteroatoms. The summed E-state index contributed by atoms with van der Waals surface area (Å²) in [5, 5.41) is 4.54. The zero-order chi connectivity index (χ0) is 21.6. The van der Waals surface area contributed by atoms with Crippen molar-refractivity contribution in [3.8, 4) is 0 Å². The van der Waals surface area contributed by atoms with Crippen molar-refractivity contribution in [1.29, 1.82) is 0 Å². The normalized spacial score (nSPS) is 21.2. The molecular formula is C21H24N6O3. The number of imide groups is 1. The first-order valence-electron chi connectivity index (χ1n) is 9.77. The van der Waals surface area contributed by atoms with E-state index < -0.39 is 24.1 Å². The average Bonchev–Trinajstić information content (AvgIpc) is 3.23. The van der Waals surface area contributed by atoms with Crippen molar-refractivity contribution in [1.82, 2.24) is 24.5 Å². The Hall–Kier alpha value is -3.49. The molecule has 3 heterocycles. The molecule has 2 atom stereocenters. The molecule has 0 N–H and O–H groups in total. The lowest BCUT2D eigenvalue weighted by atomic mass is 10.1. The molecule has 0 saturated carbocycles. The maximum Gasteiger partial charge on any atom is 0.328 e. The van der Waals surface area contributed by atoms with Gasteiger partial charge in [-0.05, 0) is 32.4 Å². The van der Waals surface area contributed by atoms with E-state index >= 15 is 0 Å². The van der Waals surface area contributed by atoms with Gasteiger partial charge in [-0.3, -0.25) is 14.5 Å². The van der Waals surface area contributed by atoms with Gasteiger partial charge in [0.05, 0.1) is 12.2 Å². The lowest BCUT2D eigenvalue weighted by molar-refractivity contribution is -0.140. The van der Waals surface area contributed by atoms with Crippen molar-refractivity contribution in [2.45, 2.75) is 39.5 Å². The Labute approximate surface area is 174 Å². The minimum absolute atomic E-state index is 0.250. The molecule has 3 amide bonds. The quantitative estimate of drug-likeness (QED) is 0.763. The third kappa shape index (κ3) is 3.26. The number of rotatable bonds is 4.